The van der Waals surface area contributed by atoms with Crippen LogP contribution in [0.2, 0.25) is 5.02 Å². The number of amides is 2. The number of benzene rings is 2. The molecular formula is C23H21ClN6O3. The molecule has 2 heterocycles. The van der Waals surface area contributed by atoms with Gasteiger partial charge in [-0.15, -0.1) is 0 Å². The molecule has 0 aliphatic rings. The highest BCUT2D eigenvalue weighted by Gasteiger charge is 2.20. The van der Waals surface area contributed by atoms with Crippen molar-refractivity contribution < 1.29 is 9.59 Å². The van der Waals surface area contributed by atoms with Gasteiger partial charge in [0.15, 0.2) is 5.69 Å². The zero-order valence-corrected chi connectivity index (χ0v) is 18.8. The summed E-state index contributed by atoms with van der Waals surface area (Å²) < 4.78 is 2.85. The van der Waals surface area contributed by atoms with Gasteiger partial charge in [-0.2, -0.15) is 10.2 Å². The first-order valence-corrected chi connectivity index (χ1v) is 10.8. The Labute approximate surface area is 193 Å². The first-order valence-electron chi connectivity index (χ1n) is 10.4. The van der Waals surface area contributed by atoms with Crippen molar-refractivity contribution in [2.24, 2.45) is 0 Å². The summed E-state index contributed by atoms with van der Waals surface area (Å²) in [5.74, 6) is -1.16. The molecule has 4 aromatic rings. The van der Waals surface area contributed by atoms with Crippen LogP contribution in [0.4, 0.5) is 0 Å². The lowest BCUT2D eigenvalue weighted by atomic mass is 10.1. The molecule has 0 aliphatic carbocycles. The van der Waals surface area contributed by atoms with Gasteiger partial charge >= 0.3 is 0 Å². The Morgan fingerprint density at radius 2 is 1.73 bits per heavy atom. The van der Waals surface area contributed by atoms with Gasteiger partial charge in [0.25, 0.3) is 17.4 Å². The molecule has 0 saturated carbocycles. The number of hydrogen-bond acceptors (Lipinski definition) is 5. The van der Waals surface area contributed by atoms with E-state index in [0.717, 1.165) is 5.69 Å². The maximum absolute atomic E-state index is 12.9. The summed E-state index contributed by atoms with van der Waals surface area (Å²) in [5, 5.41) is 9.81. The highest BCUT2D eigenvalue weighted by atomic mass is 35.5. The average molecular weight is 465 g/mol. The van der Waals surface area contributed by atoms with Crippen LogP contribution in [0.5, 0.6) is 0 Å². The van der Waals surface area contributed by atoms with Crippen molar-refractivity contribution >= 4 is 34.2 Å². The molecule has 0 fully saturated rings. The summed E-state index contributed by atoms with van der Waals surface area (Å²) in [5.41, 5.74) is 6.27. The Morgan fingerprint density at radius 3 is 2.42 bits per heavy atom. The molecule has 10 heteroatoms. The van der Waals surface area contributed by atoms with Crippen molar-refractivity contribution in [3.63, 3.8) is 0 Å². The van der Waals surface area contributed by atoms with E-state index < -0.39 is 11.8 Å². The van der Waals surface area contributed by atoms with E-state index in [9.17, 15) is 14.4 Å². The lowest BCUT2D eigenvalue weighted by molar-refractivity contribution is 0.0843. The third kappa shape index (κ3) is 4.22. The van der Waals surface area contributed by atoms with E-state index in [1.807, 2.05) is 13.0 Å². The molecule has 2 aromatic heterocycles. The third-order valence-electron chi connectivity index (χ3n) is 5.17. The number of carbonyl (C=O) groups is 2. The van der Waals surface area contributed by atoms with Crippen molar-refractivity contribution in [2.45, 2.75) is 26.8 Å². The molecule has 0 saturated heterocycles. The number of hydrazine groups is 1. The van der Waals surface area contributed by atoms with Crippen molar-refractivity contribution in [1.29, 1.82) is 0 Å². The number of hydrogen-bond donors (Lipinski definition) is 2. The summed E-state index contributed by atoms with van der Waals surface area (Å²) in [6.07, 6.45) is 1.96. The van der Waals surface area contributed by atoms with Crippen LogP contribution in [0, 0.1) is 0 Å². The highest BCUT2D eigenvalue weighted by Crippen LogP contribution is 2.19. The second kappa shape index (κ2) is 9.25. The highest BCUT2D eigenvalue weighted by molar-refractivity contribution is 6.30. The first kappa shape index (κ1) is 22.2. The smallest absolute Gasteiger partial charge is 0.267 e. The number of halogens is 1. The quantitative estimate of drug-likeness (QED) is 0.441. The third-order valence-corrected chi connectivity index (χ3v) is 5.41. The Kier molecular flexibility index (Phi) is 6.23. The van der Waals surface area contributed by atoms with E-state index in [0.29, 0.717) is 40.0 Å². The van der Waals surface area contributed by atoms with Gasteiger partial charge in [-0.3, -0.25) is 25.2 Å². The van der Waals surface area contributed by atoms with Gasteiger partial charge in [-0.05, 0) is 37.6 Å². The first-order chi connectivity index (χ1) is 15.9. The molecule has 0 aliphatic heterocycles. The number of fused-ring (bicyclic) bond motifs is 1. The van der Waals surface area contributed by atoms with Crippen LogP contribution in [0.3, 0.4) is 0 Å². The lowest BCUT2D eigenvalue weighted by Crippen LogP contribution is -2.43. The SMILES string of the molecule is CCc1c(C(=O)NNC(=O)c2nn(CC)c(=O)c3ccccc23)cnn1-c1cccc(Cl)c1. The molecule has 0 radical (unpaired) electrons. The number of rotatable bonds is 5. The minimum atomic E-state index is -0.637. The molecular weight excluding hydrogens is 444 g/mol. The van der Waals surface area contributed by atoms with Gasteiger partial charge in [-0.25, -0.2) is 9.36 Å². The normalized spacial score (nSPS) is 10.9. The Bertz CT molecular complexity index is 1430. The fourth-order valence-corrected chi connectivity index (χ4v) is 3.78. The van der Waals surface area contributed by atoms with Gasteiger partial charge in [-0.1, -0.05) is 42.8 Å². The summed E-state index contributed by atoms with van der Waals surface area (Å²) in [4.78, 5) is 38.2. The van der Waals surface area contributed by atoms with Crippen LogP contribution in [-0.2, 0) is 13.0 Å². The Morgan fingerprint density at radius 1 is 1.00 bits per heavy atom. The van der Waals surface area contributed by atoms with Crippen molar-refractivity contribution in [3.05, 3.63) is 87.1 Å². The molecule has 2 N–H and O–H groups in total. The van der Waals surface area contributed by atoms with Crippen LogP contribution in [0.1, 0.15) is 40.4 Å². The second-order valence-corrected chi connectivity index (χ2v) is 7.61. The zero-order valence-electron chi connectivity index (χ0n) is 18.0. The zero-order chi connectivity index (χ0) is 23.5. The number of aromatic nitrogens is 4. The summed E-state index contributed by atoms with van der Waals surface area (Å²) in [6.45, 7) is 3.97. The van der Waals surface area contributed by atoms with E-state index in [-0.39, 0.29) is 11.3 Å². The van der Waals surface area contributed by atoms with Gasteiger partial charge < -0.3 is 0 Å². The van der Waals surface area contributed by atoms with Crippen LogP contribution in [0.25, 0.3) is 16.5 Å². The molecule has 168 valence electrons. The van der Waals surface area contributed by atoms with E-state index in [2.05, 4.69) is 21.0 Å². The van der Waals surface area contributed by atoms with Gasteiger partial charge in [0.1, 0.15) is 0 Å². The predicted molar refractivity (Wildman–Crippen MR) is 125 cm³/mol. The largest absolute Gasteiger partial charge is 0.290 e. The van der Waals surface area contributed by atoms with E-state index >= 15 is 0 Å². The van der Waals surface area contributed by atoms with Crippen LogP contribution >= 0.6 is 11.6 Å². The molecule has 4 rings (SSSR count). The summed E-state index contributed by atoms with van der Waals surface area (Å²) in [7, 11) is 0. The fraction of sp³-hybridized carbons (Fsp3) is 0.174. The molecule has 0 atom stereocenters. The Balaban J connectivity index is 1.59. The van der Waals surface area contributed by atoms with E-state index in [1.165, 1.54) is 10.9 Å². The molecule has 2 aromatic carbocycles. The van der Waals surface area contributed by atoms with Crippen molar-refractivity contribution in [3.8, 4) is 5.69 Å². The van der Waals surface area contributed by atoms with Gasteiger partial charge in [0.05, 0.1) is 28.5 Å². The molecule has 0 spiro atoms. The number of carbonyl (C=O) groups excluding carboxylic acids is 2. The molecule has 9 nitrogen and oxygen atoms in total. The minimum Gasteiger partial charge on any atom is -0.267 e. The predicted octanol–water partition coefficient (Wildman–Crippen LogP) is 2.89. The minimum absolute atomic E-state index is 0.0395. The molecule has 33 heavy (non-hydrogen) atoms. The van der Waals surface area contributed by atoms with Gasteiger partial charge in [0, 0.05) is 17.0 Å². The van der Waals surface area contributed by atoms with E-state index in [1.54, 1.807) is 54.1 Å². The van der Waals surface area contributed by atoms with Crippen molar-refractivity contribution in [1.82, 2.24) is 30.4 Å². The number of nitrogens with zero attached hydrogens (tertiary/aromatic N) is 4. The number of aryl methyl sites for hydroxylation is 1. The molecule has 0 bridgehead atoms. The van der Waals surface area contributed by atoms with E-state index in [4.69, 9.17) is 11.6 Å². The fourth-order valence-electron chi connectivity index (χ4n) is 3.59. The van der Waals surface area contributed by atoms with Crippen LogP contribution in [-0.4, -0.2) is 31.4 Å². The second-order valence-electron chi connectivity index (χ2n) is 7.17. The maximum Gasteiger partial charge on any atom is 0.290 e. The molecule has 2 amide bonds. The van der Waals surface area contributed by atoms with Crippen LogP contribution < -0.4 is 16.4 Å². The van der Waals surface area contributed by atoms with Gasteiger partial charge in [0.2, 0.25) is 0 Å². The standard InChI is InChI=1S/C23H21ClN6O3/c1-3-19-18(13-25-30(19)15-9-7-8-14(24)12-15)21(31)26-27-22(32)20-16-10-5-6-11-17(16)23(33)29(4-2)28-20/h5-13H,3-4H2,1-2H3,(H,26,31)(H,27,32). The van der Waals surface area contributed by atoms with Crippen molar-refractivity contribution in [2.75, 3.05) is 0 Å². The van der Waals surface area contributed by atoms with Crippen LogP contribution in [0.15, 0.2) is 59.5 Å². The topological polar surface area (TPSA) is 111 Å². The molecule has 0 unspecified atom stereocenters. The monoisotopic (exact) mass is 464 g/mol. The number of nitrogens with one attached hydrogen (secondary N) is 2. The lowest BCUT2D eigenvalue weighted by Gasteiger charge is -2.11. The summed E-state index contributed by atoms with van der Waals surface area (Å²) >= 11 is 6.08. The average Bonchev–Trinajstić information content (AvgIpc) is 3.27. The maximum atomic E-state index is 12.9. The summed E-state index contributed by atoms with van der Waals surface area (Å²) in [6, 6.07) is 13.8. The Hall–Kier alpha value is -3.98.